The molecule has 0 atom stereocenters. The molecular weight excluding hydrogens is 456 g/mol. The standard InChI is InChI=1S/C23H30N6O4S/c1-29(2)14-13-24-23(30)28-22-26-20-12-9-18(15-21(20)27-22)33-34(31,32)19-10-7-17(8-11-19)25-16-5-3-4-6-16/h7-12,15-16,25H,3-6,13-14H2,1-2H3,(H3,24,26,27,28,30). The summed E-state index contributed by atoms with van der Waals surface area (Å²) in [6.07, 6.45) is 4.72. The molecule has 1 aromatic heterocycles. The summed E-state index contributed by atoms with van der Waals surface area (Å²) in [6, 6.07) is 11.3. The van der Waals surface area contributed by atoms with Crippen LogP contribution in [0.4, 0.5) is 16.4 Å². The van der Waals surface area contributed by atoms with Crippen LogP contribution in [-0.2, 0) is 10.1 Å². The molecule has 0 aliphatic heterocycles. The third-order valence-corrected chi connectivity index (χ3v) is 6.87. The molecule has 1 aliphatic rings. The van der Waals surface area contributed by atoms with E-state index >= 15 is 0 Å². The zero-order valence-corrected chi connectivity index (χ0v) is 20.1. The van der Waals surface area contributed by atoms with Crippen molar-refractivity contribution in [2.24, 2.45) is 0 Å². The fourth-order valence-corrected chi connectivity index (χ4v) is 4.76. The Morgan fingerprint density at radius 3 is 2.59 bits per heavy atom. The number of carbonyl (C=O) groups excluding carboxylic acids is 1. The molecule has 1 aliphatic carbocycles. The highest BCUT2D eigenvalue weighted by Crippen LogP contribution is 2.26. The minimum atomic E-state index is -4.01. The summed E-state index contributed by atoms with van der Waals surface area (Å²) >= 11 is 0. The van der Waals surface area contributed by atoms with Gasteiger partial charge in [0.25, 0.3) is 0 Å². The number of likely N-dealkylation sites (N-methyl/N-ethyl adjacent to an activating group) is 1. The largest absolute Gasteiger partial charge is 0.382 e. The van der Waals surface area contributed by atoms with Crippen LogP contribution in [0.5, 0.6) is 5.75 Å². The lowest BCUT2D eigenvalue weighted by Gasteiger charge is -2.14. The van der Waals surface area contributed by atoms with E-state index < -0.39 is 10.1 Å². The second-order valence-electron chi connectivity index (χ2n) is 8.64. The Bertz CT molecular complexity index is 1230. The van der Waals surface area contributed by atoms with E-state index in [0.717, 1.165) is 18.5 Å². The van der Waals surface area contributed by atoms with E-state index in [4.69, 9.17) is 4.18 Å². The van der Waals surface area contributed by atoms with E-state index in [2.05, 4.69) is 25.9 Å². The maximum Gasteiger partial charge on any atom is 0.339 e. The van der Waals surface area contributed by atoms with Gasteiger partial charge in [-0.05, 0) is 63.3 Å². The van der Waals surface area contributed by atoms with Gasteiger partial charge in [0, 0.05) is 30.9 Å². The minimum absolute atomic E-state index is 0.0725. The Labute approximate surface area is 199 Å². The number of urea groups is 1. The summed E-state index contributed by atoms with van der Waals surface area (Å²) in [5.74, 6) is 0.386. The van der Waals surface area contributed by atoms with Gasteiger partial charge >= 0.3 is 16.1 Å². The zero-order valence-electron chi connectivity index (χ0n) is 19.3. The van der Waals surface area contributed by atoms with E-state index in [1.807, 2.05) is 19.0 Å². The smallest absolute Gasteiger partial charge is 0.339 e. The number of benzene rings is 2. The van der Waals surface area contributed by atoms with Crippen molar-refractivity contribution in [1.82, 2.24) is 20.2 Å². The molecule has 1 fully saturated rings. The predicted octanol–water partition coefficient (Wildman–Crippen LogP) is 3.37. The topological polar surface area (TPSA) is 128 Å². The van der Waals surface area contributed by atoms with Gasteiger partial charge in [-0.2, -0.15) is 8.42 Å². The number of aromatic amines is 1. The zero-order chi connectivity index (χ0) is 24.1. The summed E-state index contributed by atoms with van der Waals surface area (Å²) in [4.78, 5) is 21.3. The number of imidazole rings is 1. The molecule has 0 bridgehead atoms. The summed E-state index contributed by atoms with van der Waals surface area (Å²) < 4.78 is 30.8. The lowest BCUT2D eigenvalue weighted by Crippen LogP contribution is -2.34. The third kappa shape index (κ3) is 6.17. The molecule has 4 N–H and O–H groups in total. The van der Waals surface area contributed by atoms with Crippen LogP contribution in [-0.4, -0.2) is 62.5 Å². The molecule has 1 saturated carbocycles. The molecule has 0 radical (unpaired) electrons. The number of amides is 2. The molecule has 10 nitrogen and oxygen atoms in total. The molecule has 3 aromatic rings. The van der Waals surface area contributed by atoms with E-state index in [9.17, 15) is 13.2 Å². The third-order valence-electron chi connectivity index (χ3n) is 5.61. The molecule has 0 saturated heterocycles. The first kappa shape index (κ1) is 23.8. The first-order chi connectivity index (χ1) is 16.3. The Morgan fingerprint density at radius 1 is 1.15 bits per heavy atom. The fourth-order valence-electron chi connectivity index (χ4n) is 3.84. The van der Waals surface area contributed by atoms with Crippen LogP contribution in [0.25, 0.3) is 11.0 Å². The molecule has 0 spiro atoms. The summed E-state index contributed by atoms with van der Waals surface area (Å²) in [7, 11) is -0.167. The number of fused-ring (bicyclic) bond motifs is 1. The first-order valence-electron chi connectivity index (χ1n) is 11.3. The fraction of sp³-hybridized carbons (Fsp3) is 0.391. The summed E-state index contributed by atoms with van der Waals surface area (Å²) in [5, 5.41) is 8.80. The Hall–Kier alpha value is -3.31. The number of aromatic nitrogens is 2. The molecular formula is C23H30N6O4S. The van der Waals surface area contributed by atoms with Gasteiger partial charge in [-0.15, -0.1) is 0 Å². The van der Waals surface area contributed by atoms with Crippen molar-refractivity contribution in [3.8, 4) is 5.75 Å². The number of nitrogens with one attached hydrogen (secondary N) is 4. The van der Waals surface area contributed by atoms with Crippen LogP contribution in [0.15, 0.2) is 47.4 Å². The molecule has 0 unspecified atom stereocenters. The number of H-pyrrole nitrogens is 1. The van der Waals surface area contributed by atoms with E-state index in [1.165, 1.54) is 37.1 Å². The summed E-state index contributed by atoms with van der Waals surface area (Å²) in [6.45, 7) is 1.20. The highest BCUT2D eigenvalue weighted by atomic mass is 32.2. The maximum atomic E-state index is 12.8. The molecule has 1 heterocycles. The lowest BCUT2D eigenvalue weighted by molar-refractivity contribution is 0.250. The van der Waals surface area contributed by atoms with Gasteiger partial charge < -0.3 is 24.7 Å². The van der Waals surface area contributed by atoms with Crippen molar-refractivity contribution in [3.05, 3.63) is 42.5 Å². The monoisotopic (exact) mass is 486 g/mol. The van der Waals surface area contributed by atoms with Crippen LogP contribution in [0.3, 0.4) is 0 Å². The Morgan fingerprint density at radius 2 is 1.88 bits per heavy atom. The molecule has 4 rings (SSSR count). The number of rotatable bonds is 9. The quantitative estimate of drug-likeness (QED) is 0.341. The average molecular weight is 487 g/mol. The van der Waals surface area contributed by atoms with Gasteiger partial charge in [-0.1, -0.05) is 12.8 Å². The predicted molar refractivity (Wildman–Crippen MR) is 132 cm³/mol. The molecule has 34 heavy (non-hydrogen) atoms. The first-order valence-corrected chi connectivity index (χ1v) is 12.7. The molecule has 11 heteroatoms. The lowest BCUT2D eigenvalue weighted by atomic mass is 10.2. The Balaban J connectivity index is 1.39. The van der Waals surface area contributed by atoms with Crippen LogP contribution in [0.2, 0.25) is 0 Å². The van der Waals surface area contributed by atoms with E-state index in [0.29, 0.717) is 30.2 Å². The van der Waals surface area contributed by atoms with Crippen LogP contribution < -0.4 is 20.1 Å². The van der Waals surface area contributed by atoms with Gasteiger partial charge in [0.1, 0.15) is 10.6 Å². The van der Waals surface area contributed by atoms with Crippen LogP contribution in [0, 0.1) is 0 Å². The SMILES string of the molecule is CN(C)CCNC(=O)Nc1nc2cc(OS(=O)(=O)c3ccc(NC4CCCC4)cc3)ccc2[nH]1. The van der Waals surface area contributed by atoms with Crippen molar-refractivity contribution in [3.63, 3.8) is 0 Å². The molecule has 182 valence electrons. The van der Waals surface area contributed by atoms with Crippen molar-refractivity contribution in [2.45, 2.75) is 36.6 Å². The number of anilines is 2. The summed E-state index contributed by atoms with van der Waals surface area (Å²) in [5.41, 5.74) is 2.00. The normalized spacial score (nSPS) is 14.4. The highest BCUT2D eigenvalue weighted by molar-refractivity contribution is 7.87. The van der Waals surface area contributed by atoms with Gasteiger partial charge in [-0.25, -0.2) is 9.78 Å². The van der Waals surface area contributed by atoms with Crippen LogP contribution >= 0.6 is 0 Å². The van der Waals surface area contributed by atoms with Crippen molar-refractivity contribution in [2.75, 3.05) is 37.8 Å². The average Bonchev–Trinajstić information content (AvgIpc) is 3.42. The van der Waals surface area contributed by atoms with Gasteiger partial charge in [0.05, 0.1) is 11.0 Å². The second-order valence-corrected chi connectivity index (χ2v) is 10.2. The Kier molecular flexibility index (Phi) is 7.23. The van der Waals surface area contributed by atoms with Gasteiger partial charge in [0.2, 0.25) is 5.95 Å². The minimum Gasteiger partial charge on any atom is -0.382 e. The van der Waals surface area contributed by atoms with Crippen molar-refractivity contribution < 1.29 is 17.4 Å². The molecule has 2 amide bonds. The molecule has 2 aromatic carbocycles. The number of nitrogens with zero attached hydrogens (tertiary/aromatic N) is 2. The number of hydrogen-bond donors (Lipinski definition) is 4. The highest BCUT2D eigenvalue weighted by Gasteiger charge is 2.19. The second kappa shape index (κ2) is 10.3. The maximum absolute atomic E-state index is 12.8. The van der Waals surface area contributed by atoms with E-state index in [1.54, 1.807) is 18.2 Å². The van der Waals surface area contributed by atoms with Gasteiger partial charge in [-0.3, -0.25) is 5.32 Å². The van der Waals surface area contributed by atoms with Gasteiger partial charge in [0.15, 0.2) is 0 Å². The van der Waals surface area contributed by atoms with E-state index in [-0.39, 0.29) is 22.6 Å². The number of hydrogen-bond acceptors (Lipinski definition) is 7. The number of carbonyl (C=O) groups is 1. The van der Waals surface area contributed by atoms with Crippen LogP contribution in [0.1, 0.15) is 25.7 Å². The van der Waals surface area contributed by atoms with Crippen molar-refractivity contribution >= 4 is 38.8 Å². The van der Waals surface area contributed by atoms with Crippen molar-refractivity contribution in [1.29, 1.82) is 0 Å².